The number of rotatable bonds is 7. The zero-order valence-electron chi connectivity index (χ0n) is 9.63. The molecular weight excluding hydrogens is 258 g/mol. The molecule has 0 radical (unpaired) electrons. The van der Waals surface area contributed by atoms with Gasteiger partial charge >= 0.3 is 0 Å². The predicted molar refractivity (Wildman–Crippen MR) is 71.3 cm³/mol. The van der Waals surface area contributed by atoms with E-state index in [4.69, 9.17) is 10.2 Å². The number of thiophene rings is 1. The summed E-state index contributed by atoms with van der Waals surface area (Å²) in [6.07, 6.45) is -0.748. The molecule has 2 atom stereocenters. The van der Waals surface area contributed by atoms with Crippen molar-refractivity contribution in [2.24, 2.45) is 0 Å². The third-order valence-electron chi connectivity index (χ3n) is 2.10. The molecule has 1 aromatic heterocycles. The summed E-state index contributed by atoms with van der Waals surface area (Å²) in [5, 5.41) is 22.6. The first-order valence-corrected chi connectivity index (χ1v) is 7.36. The molecule has 0 aliphatic heterocycles. The van der Waals surface area contributed by atoms with E-state index in [1.165, 1.54) is 11.8 Å². The van der Waals surface area contributed by atoms with Crippen molar-refractivity contribution in [2.45, 2.75) is 19.1 Å². The van der Waals surface area contributed by atoms with E-state index >= 15 is 0 Å². The molecule has 17 heavy (non-hydrogen) atoms. The maximum absolute atomic E-state index is 11.5. The number of aliphatic hydroxyl groups excluding tert-OH is 2. The first-order chi connectivity index (χ1) is 8.13. The summed E-state index contributed by atoms with van der Waals surface area (Å²) in [7, 11) is 0. The van der Waals surface area contributed by atoms with Crippen LogP contribution in [0.5, 0.6) is 0 Å². The molecule has 0 saturated carbocycles. The van der Waals surface area contributed by atoms with Crippen LogP contribution in [0.2, 0.25) is 0 Å². The van der Waals surface area contributed by atoms with Gasteiger partial charge in [0.25, 0.3) is 0 Å². The molecule has 2 unspecified atom stereocenters. The Morgan fingerprint density at radius 3 is 3.00 bits per heavy atom. The van der Waals surface area contributed by atoms with Crippen LogP contribution in [0.15, 0.2) is 17.5 Å². The molecule has 1 heterocycles. The van der Waals surface area contributed by atoms with Gasteiger partial charge < -0.3 is 15.5 Å². The summed E-state index contributed by atoms with van der Waals surface area (Å²) in [6, 6.07) is 3.96. The van der Waals surface area contributed by atoms with E-state index in [0.29, 0.717) is 11.5 Å². The monoisotopic (exact) mass is 275 g/mol. The second-order valence-corrected chi connectivity index (χ2v) is 5.67. The van der Waals surface area contributed by atoms with Crippen LogP contribution in [0.25, 0.3) is 0 Å². The predicted octanol–water partition coefficient (Wildman–Crippen LogP) is 1.01. The lowest BCUT2D eigenvalue weighted by atomic mass is 10.3. The van der Waals surface area contributed by atoms with Gasteiger partial charge in [-0.1, -0.05) is 6.07 Å². The summed E-state index contributed by atoms with van der Waals surface area (Å²) in [6.45, 7) is 1.68. The number of carbonyl (C=O) groups is 1. The van der Waals surface area contributed by atoms with Gasteiger partial charge in [-0.3, -0.25) is 4.79 Å². The number of nitrogens with one attached hydrogen (secondary N) is 1. The van der Waals surface area contributed by atoms with Crippen molar-refractivity contribution in [1.29, 1.82) is 0 Å². The highest BCUT2D eigenvalue weighted by Crippen LogP contribution is 2.18. The van der Waals surface area contributed by atoms with E-state index in [1.807, 2.05) is 24.4 Å². The average molecular weight is 275 g/mol. The minimum Gasteiger partial charge on any atom is -0.394 e. The Kier molecular flexibility index (Phi) is 6.57. The number of amides is 1. The fourth-order valence-electron chi connectivity index (χ4n) is 1.23. The van der Waals surface area contributed by atoms with Crippen molar-refractivity contribution in [3.8, 4) is 0 Å². The molecule has 0 aliphatic rings. The summed E-state index contributed by atoms with van der Waals surface area (Å²) in [4.78, 5) is 12.7. The van der Waals surface area contributed by atoms with Crippen LogP contribution in [-0.2, 0) is 4.79 Å². The number of hydrogen-bond donors (Lipinski definition) is 3. The Morgan fingerprint density at radius 1 is 1.65 bits per heavy atom. The summed E-state index contributed by atoms with van der Waals surface area (Å²) >= 11 is 2.93. The lowest BCUT2D eigenvalue weighted by molar-refractivity contribution is -0.119. The van der Waals surface area contributed by atoms with Crippen LogP contribution >= 0.6 is 23.1 Å². The zero-order chi connectivity index (χ0) is 12.7. The standard InChI is InChI=1S/C11H17NO3S2/c1-8(10-3-2-4-17-10)12-11(15)7-16-6-9(14)5-13/h2-4,8-9,13-14H,5-7H2,1H3,(H,12,15). The van der Waals surface area contributed by atoms with Crippen molar-refractivity contribution in [2.75, 3.05) is 18.1 Å². The first kappa shape index (κ1) is 14.5. The highest BCUT2D eigenvalue weighted by molar-refractivity contribution is 7.99. The molecule has 1 aromatic rings. The third kappa shape index (κ3) is 5.54. The molecule has 96 valence electrons. The van der Waals surface area contributed by atoms with E-state index in [-0.39, 0.29) is 18.6 Å². The van der Waals surface area contributed by atoms with Crippen LogP contribution in [0.1, 0.15) is 17.8 Å². The second-order valence-electron chi connectivity index (χ2n) is 3.66. The van der Waals surface area contributed by atoms with Crippen LogP contribution in [-0.4, -0.2) is 40.3 Å². The Morgan fingerprint density at radius 2 is 2.41 bits per heavy atom. The van der Waals surface area contributed by atoms with E-state index in [9.17, 15) is 4.79 Å². The fourth-order valence-corrected chi connectivity index (χ4v) is 2.73. The fraction of sp³-hybridized carbons (Fsp3) is 0.545. The van der Waals surface area contributed by atoms with E-state index in [1.54, 1.807) is 11.3 Å². The molecule has 0 saturated heterocycles. The van der Waals surface area contributed by atoms with Crippen LogP contribution in [0, 0.1) is 0 Å². The van der Waals surface area contributed by atoms with Crippen molar-refractivity contribution in [1.82, 2.24) is 5.32 Å². The van der Waals surface area contributed by atoms with Gasteiger partial charge in [0, 0.05) is 10.6 Å². The minimum absolute atomic E-state index is 0.0193. The van der Waals surface area contributed by atoms with Gasteiger partial charge in [-0.05, 0) is 18.4 Å². The smallest absolute Gasteiger partial charge is 0.230 e. The van der Waals surface area contributed by atoms with Gasteiger partial charge in [0.05, 0.1) is 24.5 Å². The van der Waals surface area contributed by atoms with Gasteiger partial charge in [-0.2, -0.15) is 0 Å². The van der Waals surface area contributed by atoms with E-state index in [0.717, 1.165) is 4.88 Å². The van der Waals surface area contributed by atoms with Crippen LogP contribution in [0.4, 0.5) is 0 Å². The van der Waals surface area contributed by atoms with Crippen LogP contribution in [0.3, 0.4) is 0 Å². The van der Waals surface area contributed by atoms with Crippen molar-refractivity contribution in [3.63, 3.8) is 0 Å². The summed E-state index contributed by atoms with van der Waals surface area (Å²) < 4.78 is 0. The van der Waals surface area contributed by atoms with Gasteiger partial charge in [-0.25, -0.2) is 0 Å². The number of aliphatic hydroxyl groups is 2. The Labute approximate surface area is 109 Å². The molecule has 1 amide bonds. The molecular formula is C11H17NO3S2. The topological polar surface area (TPSA) is 69.6 Å². The molecule has 4 nitrogen and oxygen atoms in total. The van der Waals surface area contributed by atoms with Crippen molar-refractivity contribution in [3.05, 3.63) is 22.4 Å². The highest BCUT2D eigenvalue weighted by atomic mass is 32.2. The van der Waals surface area contributed by atoms with E-state index in [2.05, 4.69) is 5.32 Å². The second kappa shape index (κ2) is 7.71. The normalized spacial score (nSPS) is 14.3. The van der Waals surface area contributed by atoms with Crippen molar-refractivity contribution < 1.29 is 15.0 Å². The third-order valence-corrected chi connectivity index (χ3v) is 4.24. The van der Waals surface area contributed by atoms with E-state index < -0.39 is 6.10 Å². The largest absolute Gasteiger partial charge is 0.394 e. The Bertz CT molecular complexity index is 329. The van der Waals surface area contributed by atoms with Gasteiger partial charge in [-0.15, -0.1) is 23.1 Å². The first-order valence-electron chi connectivity index (χ1n) is 5.33. The van der Waals surface area contributed by atoms with Gasteiger partial charge in [0.2, 0.25) is 5.91 Å². The quantitative estimate of drug-likeness (QED) is 0.695. The molecule has 0 aromatic carbocycles. The van der Waals surface area contributed by atoms with Gasteiger partial charge in [0.1, 0.15) is 0 Å². The SMILES string of the molecule is CC(NC(=O)CSCC(O)CO)c1cccs1. The highest BCUT2D eigenvalue weighted by Gasteiger charge is 2.11. The van der Waals surface area contributed by atoms with Crippen LogP contribution < -0.4 is 5.32 Å². The average Bonchev–Trinajstić information content (AvgIpc) is 2.82. The zero-order valence-corrected chi connectivity index (χ0v) is 11.3. The lowest BCUT2D eigenvalue weighted by Crippen LogP contribution is -2.28. The maximum Gasteiger partial charge on any atom is 0.230 e. The number of hydrogen-bond acceptors (Lipinski definition) is 5. The lowest BCUT2D eigenvalue weighted by Gasteiger charge is -2.12. The molecule has 3 N–H and O–H groups in total. The molecule has 6 heteroatoms. The molecule has 1 rings (SSSR count). The Hall–Kier alpha value is -0.560. The molecule has 0 fully saturated rings. The Balaban J connectivity index is 2.21. The number of thioether (sulfide) groups is 1. The summed E-state index contributed by atoms with van der Waals surface area (Å²) in [5.41, 5.74) is 0. The molecule has 0 bridgehead atoms. The number of carbonyl (C=O) groups excluding carboxylic acids is 1. The van der Waals surface area contributed by atoms with Gasteiger partial charge in [0.15, 0.2) is 0 Å². The van der Waals surface area contributed by atoms with Crippen molar-refractivity contribution >= 4 is 29.0 Å². The maximum atomic E-state index is 11.5. The molecule has 0 spiro atoms. The minimum atomic E-state index is -0.748. The summed E-state index contributed by atoms with van der Waals surface area (Å²) in [5.74, 6) is 0.616. The molecule has 0 aliphatic carbocycles.